The van der Waals surface area contributed by atoms with Gasteiger partial charge in [0.15, 0.2) is 5.96 Å². The number of guanidine groups is 1. The molecule has 1 amide bonds. The van der Waals surface area contributed by atoms with Gasteiger partial charge in [0.05, 0.1) is 6.54 Å². The Kier molecular flexibility index (Phi) is 7.05. The molecule has 0 spiro atoms. The first-order chi connectivity index (χ1) is 14.1. The van der Waals surface area contributed by atoms with Crippen molar-refractivity contribution < 1.29 is 4.79 Å². The summed E-state index contributed by atoms with van der Waals surface area (Å²) in [4.78, 5) is 24.9. The Balaban J connectivity index is 1.62. The zero-order valence-electron chi connectivity index (χ0n) is 17.5. The van der Waals surface area contributed by atoms with E-state index in [2.05, 4.69) is 21.7 Å². The van der Waals surface area contributed by atoms with Gasteiger partial charge in [0, 0.05) is 57.6 Å². The molecule has 2 N–H and O–H groups in total. The molecule has 2 aromatic rings. The van der Waals surface area contributed by atoms with Crippen LogP contribution in [0, 0.1) is 0 Å². The molecule has 29 heavy (non-hydrogen) atoms. The van der Waals surface area contributed by atoms with Gasteiger partial charge in [-0.2, -0.15) is 0 Å². The number of amides is 1. The average molecular weight is 395 g/mol. The van der Waals surface area contributed by atoms with Crippen molar-refractivity contribution in [2.45, 2.75) is 32.9 Å². The Labute approximate surface area is 172 Å². The maximum atomic E-state index is 11.9. The van der Waals surface area contributed by atoms with Gasteiger partial charge >= 0.3 is 0 Å². The van der Waals surface area contributed by atoms with Crippen LogP contribution in [0.25, 0.3) is 0 Å². The van der Waals surface area contributed by atoms with Crippen molar-refractivity contribution in [1.82, 2.24) is 15.6 Å². The van der Waals surface area contributed by atoms with E-state index in [0.29, 0.717) is 19.5 Å². The van der Waals surface area contributed by atoms with Gasteiger partial charge in [-0.15, -0.1) is 0 Å². The van der Waals surface area contributed by atoms with Crippen molar-refractivity contribution in [1.29, 1.82) is 0 Å². The second kappa shape index (κ2) is 9.91. The quantitative estimate of drug-likeness (QED) is 0.558. The van der Waals surface area contributed by atoms with E-state index in [1.165, 1.54) is 0 Å². The van der Waals surface area contributed by atoms with Gasteiger partial charge < -0.3 is 20.4 Å². The SMILES string of the molecule is CCNC(=NCc1ccc(N2CCCC2=O)cc1)NCc1cccnc1N(C)C. The van der Waals surface area contributed by atoms with Crippen LogP contribution in [0.2, 0.25) is 0 Å². The lowest BCUT2D eigenvalue weighted by Gasteiger charge is -2.17. The molecule has 7 heteroatoms. The fraction of sp³-hybridized carbons (Fsp3) is 0.409. The molecule has 1 aromatic carbocycles. The van der Waals surface area contributed by atoms with Crippen LogP contribution in [0.5, 0.6) is 0 Å². The van der Waals surface area contributed by atoms with Gasteiger partial charge in [-0.05, 0) is 37.1 Å². The second-order valence-corrected chi connectivity index (χ2v) is 7.24. The molecule has 7 nitrogen and oxygen atoms in total. The summed E-state index contributed by atoms with van der Waals surface area (Å²) >= 11 is 0. The van der Waals surface area contributed by atoms with E-state index >= 15 is 0 Å². The molecular formula is C22H30N6O. The lowest BCUT2D eigenvalue weighted by molar-refractivity contribution is -0.117. The maximum Gasteiger partial charge on any atom is 0.227 e. The molecule has 1 aromatic heterocycles. The zero-order chi connectivity index (χ0) is 20.6. The van der Waals surface area contributed by atoms with Gasteiger partial charge in [0.1, 0.15) is 5.82 Å². The number of hydrogen-bond donors (Lipinski definition) is 2. The highest BCUT2D eigenvalue weighted by Crippen LogP contribution is 2.21. The van der Waals surface area contributed by atoms with Crippen LogP contribution in [-0.4, -0.2) is 44.0 Å². The molecule has 0 bridgehead atoms. The molecule has 0 atom stereocenters. The van der Waals surface area contributed by atoms with Crippen LogP contribution in [0.1, 0.15) is 30.9 Å². The molecule has 0 saturated carbocycles. The molecule has 0 aliphatic carbocycles. The molecule has 0 radical (unpaired) electrons. The molecule has 1 aliphatic rings. The third-order valence-corrected chi connectivity index (χ3v) is 4.82. The van der Waals surface area contributed by atoms with Gasteiger partial charge in [-0.3, -0.25) is 4.79 Å². The Bertz CT molecular complexity index is 847. The molecule has 1 aliphatic heterocycles. The summed E-state index contributed by atoms with van der Waals surface area (Å²) in [7, 11) is 3.98. The van der Waals surface area contributed by atoms with Crippen LogP contribution in [0.4, 0.5) is 11.5 Å². The fourth-order valence-electron chi connectivity index (χ4n) is 3.36. The molecule has 1 saturated heterocycles. The summed E-state index contributed by atoms with van der Waals surface area (Å²) in [6.07, 6.45) is 3.39. The molecule has 3 rings (SSSR count). The van der Waals surface area contributed by atoms with Gasteiger partial charge in [-0.1, -0.05) is 18.2 Å². The fourth-order valence-corrected chi connectivity index (χ4v) is 3.36. The van der Waals surface area contributed by atoms with E-state index in [-0.39, 0.29) is 5.91 Å². The molecule has 2 heterocycles. The first-order valence-electron chi connectivity index (χ1n) is 10.1. The lowest BCUT2D eigenvalue weighted by atomic mass is 10.2. The summed E-state index contributed by atoms with van der Waals surface area (Å²) < 4.78 is 0. The number of anilines is 2. The Hall–Kier alpha value is -3.09. The number of benzene rings is 1. The number of aliphatic imine (C=N–C) groups is 1. The minimum atomic E-state index is 0.210. The van der Waals surface area contributed by atoms with E-state index in [4.69, 9.17) is 4.99 Å². The number of pyridine rings is 1. The summed E-state index contributed by atoms with van der Waals surface area (Å²) in [5.41, 5.74) is 3.19. The topological polar surface area (TPSA) is 72.9 Å². The monoisotopic (exact) mass is 394 g/mol. The van der Waals surface area contributed by atoms with Crippen molar-refractivity contribution in [3.8, 4) is 0 Å². The van der Waals surface area contributed by atoms with E-state index in [1.807, 2.05) is 61.2 Å². The summed E-state index contributed by atoms with van der Waals surface area (Å²) in [5.74, 6) is 1.92. The minimum absolute atomic E-state index is 0.210. The minimum Gasteiger partial charge on any atom is -0.362 e. The van der Waals surface area contributed by atoms with Crippen molar-refractivity contribution in [3.63, 3.8) is 0 Å². The third kappa shape index (κ3) is 5.47. The molecular weight excluding hydrogens is 364 g/mol. The highest BCUT2D eigenvalue weighted by atomic mass is 16.2. The Morgan fingerprint density at radius 1 is 1.21 bits per heavy atom. The number of hydrogen-bond acceptors (Lipinski definition) is 4. The largest absolute Gasteiger partial charge is 0.362 e. The first kappa shape index (κ1) is 20.6. The average Bonchev–Trinajstić information content (AvgIpc) is 3.16. The highest BCUT2D eigenvalue weighted by Gasteiger charge is 2.21. The van der Waals surface area contributed by atoms with Crippen molar-refractivity contribution in [2.24, 2.45) is 4.99 Å². The van der Waals surface area contributed by atoms with Crippen molar-refractivity contribution in [2.75, 3.05) is 37.0 Å². The van der Waals surface area contributed by atoms with E-state index in [0.717, 1.165) is 48.1 Å². The number of nitrogens with one attached hydrogen (secondary N) is 2. The number of rotatable bonds is 7. The molecule has 0 unspecified atom stereocenters. The van der Waals surface area contributed by atoms with Crippen molar-refractivity contribution in [3.05, 3.63) is 53.7 Å². The summed E-state index contributed by atoms with van der Waals surface area (Å²) in [5, 5.41) is 6.67. The number of aromatic nitrogens is 1. The maximum absolute atomic E-state index is 11.9. The van der Waals surface area contributed by atoms with Gasteiger partial charge in [0.2, 0.25) is 5.91 Å². The third-order valence-electron chi connectivity index (χ3n) is 4.82. The number of carbonyl (C=O) groups excluding carboxylic acids is 1. The predicted molar refractivity (Wildman–Crippen MR) is 118 cm³/mol. The Morgan fingerprint density at radius 3 is 2.66 bits per heavy atom. The van der Waals surface area contributed by atoms with E-state index < -0.39 is 0 Å². The lowest BCUT2D eigenvalue weighted by Crippen LogP contribution is -2.37. The normalized spacial score (nSPS) is 14.2. The van der Waals surface area contributed by atoms with Crippen LogP contribution >= 0.6 is 0 Å². The predicted octanol–water partition coefficient (Wildman–Crippen LogP) is 2.53. The highest BCUT2D eigenvalue weighted by molar-refractivity contribution is 5.95. The summed E-state index contributed by atoms with van der Waals surface area (Å²) in [6.45, 7) is 4.86. The first-order valence-corrected chi connectivity index (χ1v) is 10.1. The molecule has 1 fully saturated rings. The van der Waals surface area contributed by atoms with Crippen LogP contribution in [-0.2, 0) is 17.9 Å². The molecule has 154 valence electrons. The summed E-state index contributed by atoms with van der Waals surface area (Å²) in [6, 6.07) is 12.1. The van der Waals surface area contributed by atoms with E-state index in [1.54, 1.807) is 6.20 Å². The van der Waals surface area contributed by atoms with Crippen molar-refractivity contribution >= 4 is 23.4 Å². The second-order valence-electron chi connectivity index (χ2n) is 7.24. The van der Waals surface area contributed by atoms with E-state index in [9.17, 15) is 4.79 Å². The van der Waals surface area contributed by atoms with Gasteiger partial charge in [-0.25, -0.2) is 9.98 Å². The standard InChI is InChI=1S/C22H30N6O/c1-4-23-22(26-16-18-7-5-13-24-21(18)27(2)3)25-15-17-9-11-19(12-10-17)28-14-6-8-20(28)29/h5,7,9-13H,4,6,8,14-16H2,1-3H3,(H2,23,25,26). The smallest absolute Gasteiger partial charge is 0.227 e. The zero-order valence-corrected chi connectivity index (χ0v) is 17.5. The number of carbonyl (C=O) groups is 1. The van der Waals surface area contributed by atoms with Crippen LogP contribution in [0.15, 0.2) is 47.6 Å². The van der Waals surface area contributed by atoms with Crippen LogP contribution in [0.3, 0.4) is 0 Å². The Morgan fingerprint density at radius 2 is 2.00 bits per heavy atom. The number of nitrogens with zero attached hydrogens (tertiary/aromatic N) is 4. The van der Waals surface area contributed by atoms with Crippen LogP contribution < -0.4 is 20.4 Å². The van der Waals surface area contributed by atoms with Gasteiger partial charge in [0.25, 0.3) is 0 Å².